The van der Waals surface area contributed by atoms with E-state index in [0.29, 0.717) is 0 Å². The van der Waals surface area contributed by atoms with Crippen molar-refractivity contribution < 1.29 is 0 Å². The van der Waals surface area contributed by atoms with Crippen molar-refractivity contribution >= 4 is 22.3 Å². The second-order valence-corrected chi connectivity index (χ2v) is 5.95. The van der Waals surface area contributed by atoms with Gasteiger partial charge < -0.3 is 15.2 Å². The number of aromatic nitrogens is 1. The van der Waals surface area contributed by atoms with Crippen LogP contribution in [0.2, 0.25) is 0 Å². The lowest BCUT2D eigenvalue weighted by Crippen LogP contribution is -2.19. The summed E-state index contributed by atoms with van der Waals surface area (Å²) < 4.78 is 0. The van der Waals surface area contributed by atoms with Crippen LogP contribution < -0.4 is 10.2 Å². The fraction of sp³-hybridized carbons (Fsp3) is 0.263. The zero-order chi connectivity index (χ0) is 14.8. The molecule has 4 rings (SSSR count). The van der Waals surface area contributed by atoms with E-state index in [1.807, 2.05) is 0 Å². The van der Waals surface area contributed by atoms with Crippen molar-refractivity contribution in [2.75, 3.05) is 23.3 Å². The molecule has 2 N–H and O–H groups in total. The minimum absolute atomic E-state index is 0.819. The Kier molecular flexibility index (Phi) is 3.47. The molecule has 22 heavy (non-hydrogen) atoms. The number of benzene rings is 2. The number of anilines is 2. The van der Waals surface area contributed by atoms with Gasteiger partial charge in [0.2, 0.25) is 0 Å². The number of nitrogens with zero attached hydrogens (tertiary/aromatic N) is 1. The molecule has 1 saturated heterocycles. The summed E-state index contributed by atoms with van der Waals surface area (Å²) in [6, 6.07) is 19.3. The molecular formula is C19H21N3. The van der Waals surface area contributed by atoms with Crippen LogP contribution in [0.25, 0.3) is 10.9 Å². The number of H-pyrrole nitrogens is 1. The summed E-state index contributed by atoms with van der Waals surface area (Å²) in [5, 5.41) is 4.86. The SMILES string of the molecule is c1ccc(N2CCCC2)c(NCc2cc3ccccc3[nH]2)c1. The monoisotopic (exact) mass is 291 g/mol. The number of hydrogen-bond donors (Lipinski definition) is 2. The van der Waals surface area contributed by atoms with Gasteiger partial charge in [0.15, 0.2) is 0 Å². The minimum atomic E-state index is 0.819. The molecule has 1 aromatic heterocycles. The van der Waals surface area contributed by atoms with E-state index >= 15 is 0 Å². The van der Waals surface area contributed by atoms with Crippen LogP contribution in [-0.2, 0) is 6.54 Å². The second-order valence-electron chi connectivity index (χ2n) is 5.95. The summed E-state index contributed by atoms with van der Waals surface area (Å²) in [6.07, 6.45) is 2.60. The van der Waals surface area contributed by atoms with Crippen molar-refractivity contribution in [1.29, 1.82) is 0 Å². The van der Waals surface area contributed by atoms with E-state index in [-0.39, 0.29) is 0 Å². The summed E-state index contributed by atoms with van der Waals surface area (Å²) in [7, 11) is 0. The molecule has 0 unspecified atom stereocenters. The molecule has 1 aliphatic rings. The molecule has 3 heteroatoms. The topological polar surface area (TPSA) is 31.1 Å². The molecule has 1 aliphatic heterocycles. The first kappa shape index (κ1) is 13.3. The number of para-hydroxylation sites is 3. The maximum atomic E-state index is 3.59. The van der Waals surface area contributed by atoms with Gasteiger partial charge in [-0.1, -0.05) is 30.3 Å². The normalized spacial score (nSPS) is 14.6. The molecule has 0 bridgehead atoms. The third-order valence-electron chi connectivity index (χ3n) is 4.41. The summed E-state index contributed by atoms with van der Waals surface area (Å²) in [6.45, 7) is 3.16. The fourth-order valence-electron chi connectivity index (χ4n) is 3.28. The maximum Gasteiger partial charge on any atom is 0.0602 e. The smallest absolute Gasteiger partial charge is 0.0602 e. The Morgan fingerprint density at radius 2 is 1.73 bits per heavy atom. The zero-order valence-corrected chi connectivity index (χ0v) is 12.7. The standard InChI is InChI=1S/C19H21N3/c1-2-8-17-15(7-1)13-16(21-17)14-20-18-9-3-4-10-19(18)22-11-5-6-12-22/h1-4,7-10,13,20-21H,5-6,11-12,14H2. The van der Waals surface area contributed by atoms with Gasteiger partial charge in [0, 0.05) is 24.3 Å². The van der Waals surface area contributed by atoms with Crippen molar-refractivity contribution in [2.24, 2.45) is 0 Å². The van der Waals surface area contributed by atoms with Gasteiger partial charge >= 0.3 is 0 Å². The first-order chi connectivity index (χ1) is 10.9. The first-order valence-electron chi connectivity index (χ1n) is 8.05. The summed E-state index contributed by atoms with van der Waals surface area (Å²) in [5.41, 5.74) is 4.98. The molecule has 0 amide bonds. The number of fused-ring (bicyclic) bond motifs is 1. The third kappa shape index (κ3) is 2.54. The lowest BCUT2D eigenvalue weighted by atomic mass is 10.2. The molecule has 3 aromatic rings. The molecule has 2 aromatic carbocycles. The van der Waals surface area contributed by atoms with E-state index in [4.69, 9.17) is 0 Å². The van der Waals surface area contributed by atoms with Crippen LogP contribution >= 0.6 is 0 Å². The third-order valence-corrected chi connectivity index (χ3v) is 4.41. The predicted molar refractivity (Wildman–Crippen MR) is 93.5 cm³/mol. The van der Waals surface area contributed by atoms with E-state index in [9.17, 15) is 0 Å². The van der Waals surface area contributed by atoms with Gasteiger partial charge in [-0.15, -0.1) is 0 Å². The average Bonchev–Trinajstić information content (AvgIpc) is 3.22. The highest BCUT2D eigenvalue weighted by Gasteiger charge is 2.15. The van der Waals surface area contributed by atoms with Gasteiger partial charge in [-0.3, -0.25) is 0 Å². The Morgan fingerprint density at radius 3 is 2.59 bits per heavy atom. The van der Waals surface area contributed by atoms with Crippen LogP contribution in [0.1, 0.15) is 18.5 Å². The summed E-state index contributed by atoms with van der Waals surface area (Å²) in [5.74, 6) is 0. The van der Waals surface area contributed by atoms with Crippen molar-refractivity contribution in [2.45, 2.75) is 19.4 Å². The highest BCUT2D eigenvalue weighted by atomic mass is 15.2. The molecule has 0 spiro atoms. The molecule has 0 aliphatic carbocycles. The van der Waals surface area contributed by atoms with Gasteiger partial charge in [0.25, 0.3) is 0 Å². The van der Waals surface area contributed by atoms with Crippen LogP contribution in [0.15, 0.2) is 54.6 Å². The minimum Gasteiger partial charge on any atom is -0.378 e. The zero-order valence-electron chi connectivity index (χ0n) is 12.7. The largest absolute Gasteiger partial charge is 0.378 e. The molecule has 2 heterocycles. The Morgan fingerprint density at radius 1 is 0.955 bits per heavy atom. The lowest BCUT2D eigenvalue weighted by molar-refractivity contribution is 0.949. The summed E-state index contributed by atoms with van der Waals surface area (Å²) >= 11 is 0. The summed E-state index contributed by atoms with van der Waals surface area (Å²) in [4.78, 5) is 5.96. The Hall–Kier alpha value is -2.42. The van der Waals surface area contributed by atoms with Crippen molar-refractivity contribution in [3.63, 3.8) is 0 Å². The highest BCUT2D eigenvalue weighted by Crippen LogP contribution is 2.29. The molecule has 3 nitrogen and oxygen atoms in total. The number of aromatic amines is 1. The van der Waals surface area contributed by atoms with Crippen molar-refractivity contribution in [1.82, 2.24) is 4.98 Å². The van der Waals surface area contributed by atoms with Gasteiger partial charge in [-0.25, -0.2) is 0 Å². The molecular weight excluding hydrogens is 270 g/mol. The molecule has 1 fully saturated rings. The van der Waals surface area contributed by atoms with Gasteiger partial charge in [-0.05, 0) is 42.5 Å². The molecule has 0 atom stereocenters. The van der Waals surface area contributed by atoms with Gasteiger partial charge in [0.05, 0.1) is 17.9 Å². The molecule has 0 radical (unpaired) electrons. The van der Waals surface area contributed by atoms with E-state index < -0.39 is 0 Å². The van der Waals surface area contributed by atoms with E-state index in [0.717, 1.165) is 6.54 Å². The molecule has 112 valence electrons. The van der Waals surface area contributed by atoms with Gasteiger partial charge in [0.1, 0.15) is 0 Å². The Balaban J connectivity index is 1.53. The number of hydrogen-bond acceptors (Lipinski definition) is 2. The van der Waals surface area contributed by atoms with Crippen LogP contribution in [0, 0.1) is 0 Å². The van der Waals surface area contributed by atoms with E-state index in [2.05, 4.69) is 69.8 Å². The van der Waals surface area contributed by atoms with E-state index in [1.165, 1.54) is 53.9 Å². The second kappa shape index (κ2) is 5.76. The Labute approximate surface area is 131 Å². The number of rotatable bonds is 4. The molecule has 0 saturated carbocycles. The Bertz CT molecular complexity index is 736. The van der Waals surface area contributed by atoms with E-state index in [1.54, 1.807) is 0 Å². The van der Waals surface area contributed by atoms with Crippen LogP contribution in [0.4, 0.5) is 11.4 Å². The first-order valence-corrected chi connectivity index (χ1v) is 8.05. The predicted octanol–water partition coefficient (Wildman–Crippen LogP) is 4.38. The van der Waals surface area contributed by atoms with Crippen LogP contribution in [0.5, 0.6) is 0 Å². The van der Waals surface area contributed by atoms with Gasteiger partial charge in [-0.2, -0.15) is 0 Å². The number of nitrogens with one attached hydrogen (secondary N) is 2. The highest BCUT2D eigenvalue weighted by molar-refractivity contribution is 5.80. The fourth-order valence-corrected chi connectivity index (χ4v) is 3.28. The van der Waals surface area contributed by atoms with Crippen molar-refractivity contribution in [3.8, 4) is 0 Å². The quantitative estimate of drug-likeness (QED) is 0.747. The van der Waals surface area contributed by atoms with Crippen LogP contribution in [0.3, 0.4) is 0 Å². The lowest BCUT2D eigenvalue weighted by Gasteiger charge is -2.21. The van der Waals surface area contributed by atoms with Crippen LogP contribution in [-0.4, -0.2) is 18.1 Å². The maximum absolute atomic E-state index is 3.59. The van der Waals surface area contributed by atoms with Crippen molar-refractivity contribution in [3.05, 3.63) is 60.3 Å². The average molecular weight is 291 g/mol.